The number of rotatable bonds is 3. The molecule has 6 nitrogen and oxygen atoms in total. The molecule has 1 aliphatic heterocycles. The number of carbonyl (C=O) groups excluding carboxylic acids is 3. The Labute approximate surface area is 93.9 Å². The molecule has 2 amide bonds. The third-order valence-corrected chi connectivity index (χ3v) is 2.63. The zero-order valence-electron chi connectivity index (χ0n) is 9.43. The number of nitrogens with zero attached hydrogens (tertiary/aromatic N) is 1. The molecular formula is C10H16N2O4. The molecular weight excluding hydrogens is 212 g/mol. The molecule has 0 aromatic heterocycles. The van der Waals surface area contributed by atoms with Crippen molar-refractivity contribution in [2.75, 3.05) is 13.7 Å². The summed E-state index contributed by atoms with van der Waals surface area (Å²) in [7, 11) is 1.23. The van der Waals surface area contributed by atoms with Crippen molar-refractivity contribution in [3.05, 3.63) is 0 Å². The van der Waals surface area contributed by atoms with Gasteiger partial charge in [0.05, 0.1) is 13.2 Å². The molecule has 0 bridgehead atoms. The summed E-state index contributed by atoms with van der Waals surface area (Å²) in [5.41, 5.74) is 0. The van der Waals surface area contributed by atoms with E-state index < -0.39 is 12.1 Å². The Morgan fingerprint density at radius 2 is 2.25 bits per heavy atom. The summed E-state index contributed by atoms with van der Waals surface area (Å²) in [6, 6.07) is -1.03. The molecule has 0 aliphatic carbocycles. The first-order valence-corrected chi connectivity index (χ1v) is 5.20. The molecule has 90 valence electrons. The van der Waals surface area contributed by atoms with Crippen molar-refractivity contribution < 1.29 is 19.1 Å². The fourth-order valence-electron chi connectivity index (χ4n) is 1.75. The number of hydrogen-bond donors (Lipinski definition) is 1. The van der Waals surface area contributed by atoms with Crippen molar-refractivity contribution in [1.82, 2.24) is 10.2 Å². The number of nitrogens with one attached hydrogen (secondary N) is 1. The Morgan fingerprint density at radius 3 is 2.81 bits per heavy atom. The molecule has 1 N–H and O–H groups in total. The monoisotopic (exact) mass is 228 g/mol. The van der Waals surface area contributed by atoms with Crippen LogP contribution in [0.3, 0.4) is 0 Å². The van der Waals surface area contributed by atoms with Gasteiger partial charge in [0.2, 0.25) is 5.91 Å². The van der Waals surface area contributed by atoms with Crippen molar-refractivity contribution >= 4 is 18.3 Å². The summed E-state index contributed by atoms with van der Waals surface area (Å²) in [6.07, 6.45) is 1.64. The van der Waals surface area contributed by atoms with E-state index in [9.17, 15) is 14.4 Å². The third kappa shape index (κ3) is 2.71. The number of carbonyl (C=O) groups is 3. The number of ether oxygens (including phenoxy) is 1. The lowest BCUT2D eigenvalue weighted by atomic mass is 10.2. The van der Waals surface area contributed by atoms with Crippen LogP contribution in [0, 0.1) is 0 Å². The average Bonchev–Trinajstić information content (AvgIpc) is 2.75. The van der Waals surface area contributed by atoms with E-state index in [4.69, 9.17) is 0 Å². The predicted molar refractivity (Wildman–Crippen MR) is 55.8 cm³/mol. The van der Waals surface area contributed by atoms with Gasteiger partial charge in [-0.3, -0.25) is 4.79 Å². The first-order valence-electron chi connectivity index (χ1n) is 5.20. The first-order chi connectivity index (χ1) is 7.60. The molecule has 16 heavy (non-hydrogen) atoms. The van der Waals surface area contributed by atoms with Crippen LogP contribution in [-0.2, 0) is 14.3 Å². The van der Waals surface area contributed by atoms with Gasteiger partial charge in [-0.25, -0.2) is 4.79 Å². The lowest BCUT2D eigenvalue weighted by Crippen LogP contribution is -2.48. The van der Waals surface area contributed by atoms with Gasteiger partial charge in [0.25, 0.3) is 0 Å². The number of aldehydes is 1. The second-order valence-corrected chi connectivity index (χ2v) is 3.73. The lowest BCUT2D eigenvalue weighted by Gasteiger charge is -2.24. The van der Waals surface area contributed by atoms with Crippen LogP contribution in [0.25, 0.3) is 0 Å². The minimum Gasteiger partial charge on any atom is -0.453 e. The first kappa shape index (κ1) is 12.5. The van der Waals surface area contributed by atoms with Crippen LogP contribution in [0.2, 0.25) is 0 Å². The van der Waals surface area contributed by atoms with E-state index >= 15 is 0 Å². The Kier molecular flexibility index (Phi) is 4.28. The van der Waals surface area contributed by atoms with Crippen molar-refractivity contribution in [3.8, 4) is 0 Å². The van der Waals surface area contributed by atoms with Gasteiger partial charge in [-0.05, 0) is 19.8 Å². The summed E-state index contributed by atoms with van der Waals surface area (Å²) in [5.74, 6) is -0.250. The number of methoxy groups -OCH3 is 1. The quantitative estimate of drug-likeness (QED) is 0.685. The molecule has 1 saturated heterocycles. The van der Waals surface area contributed by atoms with Gasteiger partial charge in [0.15, 0.2) is 0 Å². The largest absolute Gasteiger partial charge is 0.453 e. The normalized spacial score (nSPS) is 21.4. The summed E-state index contributed by atoms with van der Waals surface area (Å²) in [4.78, 5) is 35.0. The highest BCUT2D eigenvalue weighted by molar-refractivity contribution is 5.87. The van der Waals surface area contributed by atoms with Gasteiger partial charge in [-0.15, -0.1) is 0 Å². The van der Waals surface area contributed by atoms with Gasteiger partial charge in [0, 0.05) is 6.54 Å². The number of amides is 2. The zero-order valence-corrected chi connectivity index (χ0v) is 9.43. The van der Waals surface area contributed by atoms with Crippen LogP contribution in [0.4, 0.5) is 4.79 Å². The minimum absolute atomic E-state index is 0.250. The van der Waals surface area contributed by atoms with Crippen LogP contribution in [0.5, 0.6) is 0 Å². The second kappa shape index (κ2) is 5.48. The van der Waals surface area contributed by atoms with E-state index in [2.05, 4.69) is 10.1 Å². The fourth-order valence-corrected chi connectivity index (χ4v) is 1.75. The lowest BCUT2D eigenvalue weighted by molar-refractivity contribution is -0.136. The molecule has 0 saturated carbocycles. The smallest absolute Gasteiger partial charge is 0.407 e. The number of hydrogen-bond acceptors (Lipinski definition) is 4. The van der Waals surface area contributed by atoms with Gasteiger partial charge in [0.1, 0.15) is 12.3 Å². The van der Waals surface area contributed by atoms with Gasteiger partial charge >= 0.3 is 6.09 Å². The molecule has 0 spiro atoms. The van der Waals surface area contributed by atoms with Gasteiger partial charge in [-0.1, -0.05) is 0 Å². The van der Waals surface area contributed by atoms with E-state index in [0.29, 0.717) is 13.0 Å². The molecule has 6 heteroatoms. The highest BCUT2D eigenvalue weighted by atomic mass is 16.5. The topological polar surface area (TPSA) is 75.7 Å². The minimum atomic E-state index is -0.673. The molecule has 0 aromatic carbocycles. The third-order valence-electron chi connectivity index (χ3n) is 2.63. The van der Waals surface area contributed by atoms with E-state index in [1.165, 1.54) is 12.0 Å². The van der Waals surface area contributed by atoms with E-state index in [0.717, 1.165) is 12.7 Å². The maximum Gasteiger partial charge on any atom is 0.407 e. The zero-order chi connectivity index (χ0) is 12.1. The van der Waals surface area contributed by atoms with E-state index in [1.807, 2.05) is 0 Å². The molecule has 2 unspecified atom stereocenters. The summed E-state index contributed by atoms with van der Waals surface area (Å²) < 4.78 is 4.40. The van der Waals surface area contributed by atoms with E-state index in [1.54, 1.807) is 6.92 Å². The van der Waals surface area contributed by atoms with Gasteiger partial charge < -0.3 is 19.7 Å². The Morgan fingerprint density at radius 1 is 1.56 bits per heavy atom. The molecule has 1 fully saturated rings. The van der Waals surface area contributed by atoms with Crippen LogP contribution in [0.15, 0.2) is 0 Å². The average molecular weight is 228 g/mol. The van der Waals surface area contributed by atoms with Crippen LogP contribution in [-0.4, -0.2) is 48.9 Å². The maximum atomic E-state index is 11.9. The number of likely N-dealkylation sites (tertiary alicyclic amines) is 1. The van der Waals surface area contributed by atoms with Crippen molar-refractivity contribution in [2.45, 2.75) is 31.8 Å². The Bertz CT molecular complexity index is 293. The highest BCUT2D eigenvalue weighted by Gasteiger charge is 2.31. The summed E-state index contributed by atoms with van der Waals surface area (Å²) in [5, 5.41) is 2.38. The molecule has 2 atom stereocenters. The van der Waals surface area contributed by atoms with Crippen molar-refractivity contribution in [1.29, 1.82) is 0 Å². The molecule has 1 rings (SSSR count). The van der Waals surface area contributed by atoms with Crippen molar-refractivity contribution in [2.24, 2.45) is 0 Å². The van der Waals surface area contributed by atoms with Gasteiger partial charge in [-0.2, -0.15) is 0 Å². The Hall–Kier alpha value is -1.59. The standard InChI is InChI=1S/C10H16N2O4/c1-7(11-10(15)16-2)9(14)12-5-3-4-8(12)6-13/h6-8H,3-5H2,1-2H3,(H,11,15). The maximum absolute atomic E-state index is 11.9. The SMILES string of the molecule is COC(=O)NC(C)C(=O)N1CCCC1C=O. The fraction of sp³-hybridized carbons (Fsp3) is 0.700. The van der Waals surface area contributed by atoms with Crippen LogP contribution in [0.1, 0.15) is 19.8 Å². The molecule has 1 aliphatic rings. The van der Waals surface area contributed by atoms with E-state index in [-0.39, 0.29) is 11.9 Å². The Balaban J connectivity index is 2.56. The second-order valence-electron chi connectivity index (χ2n) is 3.73. The van der Waals surface area contributed by atoms with Crippen LogP contribution < -0.4 is 5.32 Å². The van der Waals surface area contributed by atoms with Crippen molar-refractivity contribution in [3.63, 3.8) is 0 Å². The molecule has 1 heterocycles. The summed E-state index contributed by atoms with van der Waals surface area (Å²) >= 11 is 0. The molecule has 0 aromatic rings. The predicted octanol–water partition coefficient (Wildman–Crippen LogP) is -0.0792. The summed E-state index contributed by atoms with van der Waals surface area (Å²) in [6.45, 7) is 2.13. The number of alkyl carbamates (subject to hydrolysis) is 1. The highest BCUT2D eigenvalue weighted by Crippen LogP contribution is 2.16. The molecule has 0 radical (unpaired) electrons. The van der Waals surface area contributed by atoms with Crippen LogP contribution >= 0.6 is 0 Å².